The summed E-state index contributed by atoms with van der Waals surface area (Å²) in [5, 5.41) is -0.461. The Morgan fingerprint density at radius 2 is 1.87 bits per heavy atom. The molecule has 2 N–H and O–H groups in total. The molecular weight excluding hydrogens is 212 g/mol. The van der Waals surface area contributed by atoms with Gasteiger partial charge in [-0.05, 0) is 25.7 Å². The summed E-state index contributed by atoms with van der Waals surface area (Å²) < 4.78 is 25.9. The number of hydrogen-bond acceptors (Lipinski definition) is 3. The SMILES string of the molecule is CC(C)CN(C1CC1)S(=O)(=O)C(C)CN. The first kappa shape index (κ1) is 12.9. The molecule has 1 aliphatic rings. The summed E-state index contributed by atoms with van der Waals surface area (Å²) in [5.74, 6) is 0.366. The standard InChI is InChI=1S/C10H22N2O2S/c1-8(2)7-12(10-4-5-10)15(13,14)9(3)6-11/h8-10H,4-7,11H2,1-3H3. The molecule has 1 saturated carbocycles. The fourth-order valence-electron chi connectivity index (χ4n) is 1.54. The van der Waals surface area contributed by atoms with Crippen molar-refractivity contribution in [3.8, 4) is 0 Å². The van der Waals surface area contributed by atoms with Crippen LogP contribution in [-0.2, 0) is 10.0 Å². The van der Waals surface area contributed by atoms with Crippen LogP contribution in [0.3, 0.4) is 0 Å². The minimum absolute atomic E-state index is 0.198. The molecule has 90 valence electrons. The molecule has 1 rings (SSSR count). The van der Waals surface area contributed by atoms with Crippen molar-refractivity contribution < 1.29 is 8.42 Å². The molecule has 0 radical (unpaired) electrons. The zero-order valence-electron chi connectivity index (χ0n) is 9.81. The van der Waals surface area contributed by atoms with Crippen molar-refractivity contribution in [3.05, 3.63) is 0 Å². The van der Waals surface area contributed by atoms with Gasteiger partial charge in [0.1, 0.15) is 0 Å². The smallest absolute Gasteiger partial charge is 0.218 e. The number of nitrogens with two attached hydrogens (primary N) is 1. The van der Waals surface area contributed by atoms with Crippen LogP contribution >= 0.6 is 0 Å². The number of sulfonamides is 1. The Hall–Kier alpha value is -0.130. The molecule has 0 aromatic heterocycles. The van der Waals surface area contributed by atoms with Gasteiger partial charge in [-0.3, -0.25) is 0 Å². The van der Waals surface area contributed by atoms with E-state index in [1.165, 1.54) is 0 Å². The van der Waals surface area contributed by atoms with Gasteiger partial charge in [0.2, 0.25) is 10.0 Å². The molecule has 0 heterocycles. The highest BCUT2D eigenvalue weighted by atomic mass is 32.2. The van der Waals surface area contributed by atoms with Crippen molar-refractivity contribution in [3.63, 3.8) is 0 Å². The summed E-state index contributed by atoms with van der Waals surface area (Å²) in [6.07, 6.45) is 2.01. The average molecular weight is 234 g/mol. The minimum Gasteiger partial charge on any atom is -0.329 e. The Kier molecular flexibility index (Phi) is 4.14. The zero-order valence-corrected chi connectivity index (χ0v) is 10.6. The van der Waals surface area contributed by atoms with Crippen LogP contribution in [0.1, 0.15) is 33.6 Å². The van der Waals surface area contributed by atoms with Crippen LogP contribution in [0, 0.1) is 5.92 Å². The summed E-state index contributed by atoms with van der Waals surface area (Å²) in [6.45, 7) is 6.59. The summed E-state index contributed by atoms with van der Waals surface area (Å²) >= 11 is 0. The Balaban J connectivity index is 2.78. The van der Waals surface area contributed by atoms with Crippen LogP contribution < -0.4 is 5.73 Å². The maximum absolute atomic E-state index is 12.1. The molecule has 1 aliphatic carbocycles. The van der Waals surface area contributed by atoms with Crippen LogP contribution in [0.2, 0.25) is 0 Å². The van der Waals surface area contributed by atoms with E-state index in [9.17, 15) is 8.42 Å². The third-order valence-corrected chi connectivity index (χ3v) is 4.98. The molecule has 0 amide bonds. The van der Waals surface area contributed by atoms with Gasteiger partial charge in [0.05, 0.1) is 5.25 Å². The Bertz CT molecular complexity index is 297. The molecule has 0 spiro atoms. The largest absolute Gasteiger partial charge is 0.329 e. The van der Waals surface area contributed by atoms with Crippen molar-refractivity contribution in [2.45, 2.75) is 44.9 Å². The van der Waals surface area contributed by atoms with Gasteiger partial charge in [0.25, 0.3) is 0 Å². The van der Waals surface area contributed by atoms with Gasteiger partial charge in [-0.2, -0.15) is 4.31 Å². The van der Waals surface area contributed by atoms with Gasteiger partial charge in [-0.15, -0.1) is 0 Å². The third kappa shape index (κ3) is 3.16. The Morgan fingerprint density at radius 3 is 2.20 bits per heavy atom. The fraction of sp³-hybridized carbons (Fsp3) is 1.00. The topological polar surface area (TPSA) is 63.4 Å². The lowest BCUT2D eigenvalue weighted by Crippen LogP contribution is -2.43. The molecule has 0 bridgehead atoms. The maximum atomic E-state index is 12.1. The molecule has 1 fully saturated rings. The monoisotopic (exact) mass is 234 g/mol. The summed E-state index contributed by atoms with van der Waals surface area (Å²) in [4.78, 5) is 0. The first-order chi connectivity index (χ1) is 6.89. The minimum atomic E-state index is -3.17. The Labute approximate surface area is 92.9 Å². The molecular formula is C10H22N2O2S. The van der Waals surface area contributed by atoms with Gasteiger partial charge in [0, 0.05) is 19.1 Å². The zero-order chi connectivity index (χ0) is 11.6. The molecule has 1 unspecified atom stereocenters. The van der Waals surface area contributed by atoms with Crippen molar-refractivity contribution in [2.75, 3.05) is 13.1 Å². The van der Waals surface area contributed by atoms with Crippen LogP contribution in [0.25, 0.3) is 0 Å². The molecule has 0 aromatic rings. The molecule has 15 heavy (non-hydrogen) atoms. The van der Waals surface area contributed by atoms with E-state index in [2.05, 4.69) is 0 Å². The Morgan fingerprint density at radius 1 is 1.33 bits per heavy atom. The van der Waals surface area contributed by atoms with Crippen LogP contribution in [-0.4, -0.2) is 37.1 Å². The van der Waals surface area contributed by atoms with Crippen molar-refractivity contribution >= 4 is 10.0 Å². The van der Waals surface area contributed by atoms with Crippen molar-refractivity contribution in [1.82, 2.24) is 4.31 Å². The van der Waals surface area contributed by atoms with Crippen molar-refractivity contribution in [2.24, 2.45) is 11.7 Å². The molecule has 0 saturated heterocycles. The second-order valence-corrected chi connectivity index (χ2v) is 7.09. The first-order valence-corrected chi connectivity index (χ1v) is 7.10. The van der Waals surface area contributed by atoms with Crippen LogP contribution in [0.4, 0.5) is 0 Å². The second kappa shape index (κ2) is 4.80. The lowest BCUT2D eigenvalue weighted by Gasteiger charge is -2.26. The van der Waals surface area contributed by atoms with Crippen LogP contribution in [0.5, 0.6) is 0 Å². The predicted octanol–water partition coefficient (Wildman–Crippen LogP) is 0.784. The van der Waals surface area contributed by atoms with E-state index >= 15 is 0 Å². The number of nitrogens with zero attached hydrogens (tertiary/aromatic N) is 1. The average Bonchev–Trinajstić information content (AvgIpc) is 2.95. The highest BCUT2D eigenvalue weighted by Gasteiger charge is 2.39. The molecule has 5 heteroatoms. The quantitative estimate of drug-likeness (QED) is 0.739. The fourth-order valence-corrected chi connectivity index (χ4v) is 3.37. The van der Waals surface area contributed by atoms with E-state index in [0.717, 1.165) is 12.8 Å². The third-order valence-electron chi connectivity index (χ3n) is 2.67. The summed E-state index contributed by atoms with van der Waals surface area (Å²) in [5.41, 5.74) is 5.44. The van der Waals surface area contributed by atoms with E-state index in [1.54, 1.807) is 11.2 Å². The van der Waals surface area contributed by atoms with Crippen LogP contribution in [0.15, 0.2) is 0 Å². The number of hydrogen-bond donors (Lipinski definition) is 1. The second-order valence-electron chi connectivity index (χ2n) is 4.79. The van der Waals surface area contributed by atoms with E-state index in [4.69, 9.17) is 5.73 Å². The summed E-state index contributed by atoms with van der Waals surface area (Å²) in [6, 6.07) is 0.242. The highest BCUT2D eigenvalue weighted by molar-refractivity contribution is 7.89. The lowest BCUT2D eigenvalue weighted by atomic mass is 10.2. The van der Waals surface area contributed by atoms with Crippen molar-refractivity contribution in [1.29, 1.82) is 0 Å². The first-order valence-electron chi connectivity index (χ1n) is 5.60. The van der Waals surface area contributed by atoms with Gasteiger partial charge >= 0.3 is 0 Å². The van der Waals surface area contributed by atoms with E-state index < -0.39 is 15.3 Å². The van der Waals surface area contributed by atoms with Gasteiger partial charge in [0.15, 0.2) is 0 Å². The maximum Gasteiger partial charge on any atom is 0.218 e. The molecule has 4 nitrogen and oxygen atoms in total. The highest BCUT2D eigenvalue weighted by Crippen LogP contribution is 2.31. The predicted molar refractivity (Wildman–Crippen MR) is 62.0 cm³/mol. The van der Waals surface area contributed by atoms with E-state index in [-0.39, 0.29) is 12.6 Å². The summed E-state index contributed by atoms with van der Waals surface area (Å²) in [7, 11) is -3.17. The lowest BCUT2D eigenvalue weighted by molar-refractivity contribution is 0.356. The normalized spacial score (nSPS) is 19.9. The molecule has 1 atom stereocenters. The number of rotatable bonds is 6. The molecule has 0 aliphatic heterocycles. The van der Waals surface area contributed by atoms with E-state index in [0.29, 0.717) is 12.5 Å². The van der Waals surface area contributed by atoms with Gasteiger partial charge in [-0.1, -0.05) is 13.8 Å². The van der Waals surface area contributed by atoms with Gasteiger partial charge in [-0.25, -0.2) is 8.42 Å². The van der Waals surface area contributed by atoms with E-state index in [1.807, 2.05) is 13.8 Å². The molecule has 0 aromatic carbocycles. The van der Waals surface area contributed by atoms with Gasteiger partial charge < -0.3 is 5.73 Å².